The molecule has 1 aromatic heterocycles. The van der Waals surface area contributed by atoms with Crippen LogP contribution in [-0.4, -0.2) is 38.9 Å². The van der Waals surface area contributed by atoms with Gasteiger partial charge in [0, 0.05) is 25.5 Å². The van der Waals surface area contributed by atoms with Crippen molar-refractivity contribution in [3.05, 3.63) is 101 Å². The summed E-state index contributed by atoms with van der Waals surface area (Å²) in [6.07, 6.45) is 5.44. The van der Waals surface area contributed by atoms with Gasteiger partial charge in [-0.15, -0.1) is 0 Å². The molecule has 5 rings (SSSR count). The number of fused-ring (bicyclic) bond motifs is 1. The number of aryl methyl sites for hydroxylation is 1. The number of para-hydroxylation sites is 2. The maximum atomic E-state index is 13.4. The molecule has 0 aliphatic heterocycles. The molecular weight excluding hydrogens is 474 g/mol. The van der Waals surface area contributed by atoms with Crippen LogP contribution in [0.15, 0.2) is 78.9 Å². The lowest BCUT2D eigenvalue weighted by Gasteiger charge is -2.32. The van der Waals surface area contributed by atoms with Crippen LogP contribution in [0.2, 0.25) is 0 Å². The van der Waals surface area contributed by atoms with Crippen molar-refractivity contribution in [1.29, 1.82) is 0 Å². The molecule has 3 aromatic carbocycles. The Morgan fingerprint density at radius 2 is 1.68 bits per heavy atom. The van der Waals surface area contributed by atoms with E-state index in [4.69, 9.17) is 4.98 Å². The van der Waals surface area contributed by atoms with Crippen LogP contribution in [0.5, 0.6) is 0 Å². The normalized spacial score (nSPS) is 18.4. The number of amides is 1. The van der Waals surface area contributed by atoms with Gasteiger partial charge < -0.3 is 20.1 Å². The number of carbonyl (C=O) groups excluding carboxylic acids is 1. The number of hydrogen-bond acceptors (Lipinski definition) is 4. The lowest BCUT2D eigenvalue weighted by atomic mass is 9.74. The lowest BCUT2D eigenvalue weighted by Crippen LogP contribution is -2.39. The summed E-state index contributed by atoms with van der Waals surface area (Å²) in [6.45, 7) is 0.745. The minimum atomic E-state index is -0.390. The molecule has 6 heteroatoms. The molecule has 1 unspecified atom stereocenters. The largest absolute Gasteiger partial charge is 0.396 e. The zero-order valence-electron chi connectivity index (χ0n) is 21.8. The van der Waals surface area contributed by atoms with Crippen LogP contribution in [0, 0.1) is 5.92 Å². The molecule has 6 nitrogen and oxygen atoms in total. The standard InChI is InChI=1S/C32H37N3O3/c36-20-8-15-31-33-28-13-6-7-14-30(28)35(31)21-23-16-18-24(19-17-23)26-11-4-5-12-27(26)32(38)34-29(22-37)25-9-2-1-3-10-25/h1-3,6-7,9-10,13-14,16-19,26-27,29,36-37H,4-5,8,11-12,15,20-22H2,(H,34,38)/t26-,27?,29+/m0/s1. The Kier molecular flexibility index (Phi) is 8.51. The van der Waals surface area contributed by atoms with Gasteiger partial charge in [-0.25, -0.2) is 4.98 Å². The maximum absolute atomic E-state index is 13.4. The highest BCUT2D eigenvalue weighted by molar-refractivity contribution is 5.80. The SMILES string of the molecule is O=C(N[C@H](CO)c1ccccc1)C1CCCC[C@H]1c1ccc(Cn2c(CCCO)nc3ccccc32)cc1. The summed E-state index contributed by atoms with van der Waals surface area (Å²) >= 11 is 0. The minimum Gasteiger partial charge on any atom is -0.396 e. The van der Waals surface area contributed by atoms with Gasteiger partial charge in [0.2, 0.25) is 5.91 Å². The van der Waals surface area contributed by atoms with Gasteiger partial charge in [0.15, 0.2) is 0 Å². The molecule has 0 saturated heterocycles. The van der Waals surface area contributed by atoms with Gasteiger partial charge in [-0.2, -0.15) is 0 Å². The third-order valence-electron chi connectivity index (χ3n) is 7.84. The molecule has 3 N–H and O–H groups in total. The van der Waals surface area contributed by atoms with Gasteiger partial charge in [0.1, 0.15) is 5.82 Å². The highest BCUT2D eigenvalue weighted by Gasteiger charge is 2.33. The summed E-state index contributed by atoms with van der Waals surface area (Å²) in [5.74, 6) is 1.09. The Morgan fingerprint density at radius 1 is 0.947 bits per heavy atom. The second-order valence-electron chi connectivity index (χ2n) is 10.3. The predicted octanol–water partition coefficient (Wildman–Crippen LogP) is 5.13. The first kappa shape index (κ1) is 26.1. The average Bonchev–Trinajstić information content (AvgIpc) is 3.32. The smallest absolute Gasteiger partial charge is 0.224 e. The van der Waals surface area contributed by atoms with Gasteiger partial charge in [0.05, 0.1) is 23.7 Å². The molecule has 198 valence electrons. The van der Waals surface area contributed by atoms with Crippen LogP contribution >= 0.6 is 0 Å². The second kappa shape index (κ2) is 12.4. The summed E-state index contributed by atoms with van der Waals surface area (Å²) in [5.41, 5.74) is 5.38. The van der Waals surface area contributed by atoms with Crippen molar-refractivity contribution >= 4 is 16.9 Å². The molecule has 0 bridgehead atoms. The van der Waals surface area contributed by atoms with Gasteiger partial charge >= 0.3 is 0 Å². The van der Waals surface area contributed by atoms with Gasteiger partial charge in [-0.1, -0.05) is 79.6 Å². The van der Waals surface area contributed by atoms with Crippen molar-refractivity contribution in [3.63, 3.8) is 0 Å². The molecule has 3 atom stereocenters. The van der Waals surface area contributed by atoms with Crippen LogP contribution in [0.1, 0.15) is 66.6 Å². The third kappa shape index (κ3) is 5.82. The van der Waals surface area contributed by atoms with E-state index in [0.717, 1.165) is 54.5 Å². The molecule has 4 aromatic rings. The lowest BCUT2D eigenvalue weighted by molar-refractivity contribution is -0.127. The Morgan fingerprint density at radius 3 is 2.45 bits per heavy atom. The summed E-state index contributed by atoms with van der Waals surface area (Å²) in [5, 5.41) is 22.4. The number of hydrogen-bond donors (Lipinski definition) is 3. The third-order valence-corrected chi connectivity index (χ3v) is 7.84. The first-order valence-corrected chi connectivity index (χ1v) is 13.8. The van der Waals surface area contributed by atoms with Gasteiger partial charge in [-0.3, -0.25) is 4.79 Å². The second-order valence-corrected chi connectivity index (χ2v) is 10.3. The number of benzene rings is 3. The first-order chi connectivity index (χ1) is 18.7. The Labute approximate surface area is 224 Å². The molecule has 1 heterocycles. The zero-order chi connectivity index (χ0) is 26.3. The number of aliphatic hydroxyl groups excluding tert-OH is 2. The van der Waals surface area contributed by atoms with Crippen LogP contribution in [0.3, 0.4) is 0 Å². The molecular formula is C32H37N3O3. The average molecular weight is 512 g/mol. The van der Waals surface area contributed by atoms with Crippen LogP contribution in [0.25, 0.3) is 11.0 Å². The summed E-state index contributed by atoms with van der Waals surface area (Å²) < 4.78 is 2.25. The molecule has 38 heavy (non-hydrogen) atoms. The summed E-state index contributed by atoms with van der Waals surface area (Å²) in [7, 11) is 0. The number of rotatable bonds is 10. The fourth-order valence-electron chi connectivity index (χ4n) is 5.82. The fraction of sp³-hybridized carbons (Fsp3) is 0.375. The molecule has 1 saturated carbocycles. The fourth-order valence-corrected chi connectivity index (χ4v) is 5.82. The highest BCUT2D eigenvalue weighted by Crippen LogP contribution is 2.38. The van der Waals surface area contributed by atoms with E-state index in [1.54, 1.807) is 0 Å². The van der Waals surface area contributed by atoms with E-state index >= 15 is 0 Å². The van der Waals surface area contributed by atoms with E-state index in [2.05, 4.69) is 40.2 Å². The molecule has 0 radical (unpaired) electrons. The molecule has 1 aliphatic carbocycles. The van der Waals surface area contributed by atoms with E-state index in [1.807, 2.05) is 48.5 Å². The van der Waals surface area contributed by atoms with Crippen molar-refractivity contribution < 1.29 is 15.0 Å². The van der Waals surface area contributed by atoms with Crippen LogP contribution in [0.4, 0.5) is 0 Å². The van der Waals surface area contributed by atoms with Crippen molar-refractivity contribution in [1.82, 2.24) is 14.9 Å². The van der Waals surface area contributed by atoms with E-state index in [1.165, 1.54) is 11.1 Å². The molecule has 1 amide bonds. The Bertz CT molecular complexity index is 1330. The van der Waals surface area contributed by atoms with Crippen LogP contribution in [-0.2, 0) is 17.8 Å². The van der Waals surface area contributed by atoms with Gasteiger partial charge in [0.25, 0.3) is 0 Å². The van der Waals surface area contributed by atoms with Crippen molar-refractivity contribution in [2.75, 3.05) is 13.2 Å². The number of aliphatic hydroxyl groups is 2. The topological polar surface area (TPSA) is 87.4 Å². The summed E-state index contributed by atoms with van der Waals surface area (Å²) in [4.78, 5) is 18.2. The number of carbonyl (C=O) groups is 1. The predicted molar refractivity (Wildman–Crippen MR) is 150 cm³/mol. The molecule has 1 aliphatic rings. The monoisotopic (exact) mass is 511 g/mol. The van der Waals surface area contributed by atoms with Crippen molar-refractivity contribution in [2.45, 2.75) is 57.0 Å². The van der Waals surface area contributed by atoms with Gasteiger partial charge in [-0.05, 0) is 54.0 Å². The van der Waals surface area contributed by atoms with Crippen molar-refractivity contribution in [2.24, 2.45) is 5.92 Å². The van der Waals surface area contributed by atoms with E-state index < -0.39 is 6.04 Å². The summed E-state index contributed by atoms with van der Waals surface area (Å²) in [6, 6.07) is 26.2. The van der Waals surface area contributed by atoms with E-state index in [9.17, 15) is 15.0 Å². The van der Waals surface area contributed by atoms with Crippen molar-refractivity contribution in [3.8, 4) is 0 Å². The maximum Gasteiger partial charge on any atom is 0.224 e. The van der Waals surface area contributed by atoms with Crippen LogP contribution < -0.4 is 5.32 Å². The Balaban J connectivity index is 1.32. The number of aromatic nitrogens is 2. The number of nitrogens with one attached hydrogen (secondary N) is 1. The molecule has 1 fully saturated rings. The first-order valence-electron chi connectivity index (χ1n) is 13.8. The minimum absolute atomic E-state index is 0.0279. The Hall–Kier alpha value is -3.48. The zero-order valence-corrected chi connectivity index (χ0v) is 21.8. The quantitative estimate of drug-likeness (QED) is 0.275. The highest BCUT2D eigenvalue weighted by atomic mass is 16.3. The van der Waals surface area contributed by atoms with E-state index in [-0.39, 0.29) is 31.0 Å². The van der Waals surface area contributed by atoms with E-state index in [0.29, 0.717) is 13.0 Å². The number of nitrogens with zero attached hydrogens (tertiary/aromatic N) is 2. The number of imidazole rings is 1. The molecule has 0 spiro atoms.